The zero-order chi connectivity index (χ0) is 35.6. The molecule has 256 valence electrons. The van der Waals surface area contributed by atoms with E-state index in [0.29, 0.717) is 18.4 Å². The van der Waals surface area contributed by atoms with Crippen molar-refractivity contribution in [2.75, 3.05) is 13.2 Å². The van der Waals surface area contributed by atoms with E-state index in [-0.39, 0.29) is 34.1 Å². The number of alkyl halides is 3. The van der Waals surface area contributed by atoms with E-state index in [4.69, 9.17) is 33.7 Å². The average molecular weight is 711 g/mol. The van der Waals surface area contributed by atoms with Crippen LogP contribution in [0.4, 0.5) is 22.0 Å². The maximum absolute atomic E-state index is 16.1. The smallest absolute Gasteiger partial charge is 0.457 e. The molecule has 0 radical (unpaired) electrons. The molecule has 3 aromatic carbocycles. The molecule has 1 saturated heterocycles. The highest BCUT2D eigenvalue weighted by atomic mass is 35.5. The van der Waals surface area contributed by atoms with Crippen molar-refractivity contribution in [3.05, 3.63) is 105 Å². The van der Waals surface area contributed by atoms with Gasteiger partial charge in [0.1, 0.15) is 23.7 Å². The summed E-state index contributed by atoms with van der Waals surface area (Å²) in [5.41, 5.74) is 3.74. The first-order valence-corrected chi connectivity index (χ1v) is 15.9. The van der Waals surface area contributed by atoms with Crippen molar-refractivity contribution in [2.45, 2.75) is 69.6 Å². The molecule has 4 unspecified atom stereocenters. The van der Waals surface area contributed by atoms with Crippen LogP contribution >= 0.6 is 23.2 Å². The molecule has 1 aliphatic heterocycles. The Balaban J connectivity index is 1.94. The second kappa shape index (κ2) is 14.4. The van der Waals surface area contributed by atoms with Gasteiger partial charge < -0.3 is 10.5 Å². The number of likely N-dealkylation sites (tertiary alicyclic amines) is 1. The van der Waals surface area contributed by atoms with E-state index >= 15 is 8.78 Å². The van der Waals surface area contributed by atoms with Crippen molar-refractivity contribution < 1.29 is 36.3 Å². The number of carbonyl (C=O) groups excluding carboxylic acids is 2. The van der Waals surface area contributed by atoms with E-state index in [1.807, 2.05) is 20.8 Å². The predicted molar refractivity (Wildman–Crippen MR) is 172 cm³/mol. The van der Waals surface area contributed by atoms with Crippen LogP contribution in [0, 0.1) is 28.4 Å². The maximum Gasteiger partial charge on any atom is 0.490 e. The summed E-state index contributed by atoms with van der Waals surface area (Å²) < 4.78 is 77.1. The van der Waals surface area contributed by atoms with Crippen molar-refractivity contribution in [1.29, 1.82) is 5.26 Å². The first kappa shape index (κ1) is 37.1. The summed E-state index contributed by atoms with van der Waals surface area (Å²) in [5.74, 6) is -6.21. The van der Waals surface area contributed by atoms with Crippen molar-refractivity contribution in [1.82, 2.24) is 4.90 Å². The minimum absolute atomic E-state index is 0.0371. The van der Waals surface area contributed by atoms with Gasteiger partial charge in [0.25, 0.3) is 0 Å². The van der Waals surface area contributed by atoms with Crippen LogP contribution in [0.1, 0.15) is 66.6 Å². The fourth-order valence-electron chi connectivity index (χ4n) is 6.70. The number of primary amides is 1. The SMILES string of the molecule is CC(C)(C)CC1N(CCCc2ccc(C(N)=O)cc2)C(COC(=O)C(F)(F)F)C(c2cccc(Cl)c2F)C1(C#N)c1ccc(Cl)cc1F. The number of rotatable bonds is 10. The molecule has 1 amide bonds. The van der Waals surface area contributed by atoms with Crippen LogP contribution in [0.5, 0.6) is 0 Å². The molecule has 1 aliphatic rings. The van der Waals surface area contributed by atoms with Crippen molar-refractivity contribution >= 4 is 35.1 Å². The lowest BCUT2D eigenvalue weighted by Crippen LogP contribution is -2.47. The number of nitrogens with two attached hydrogens (primary N) is 1. The van der Waals surface area contributed by atoms with E-state index < -0.39 is 65.1 Å². The topological polar surface area (TPSA) is 96.4 Å². The lowest BCUT2D eigenvalue weighted by molar-refractivity contribution is -0.201. The molecule has 4 atom stereocenters. The molecular weight excluding hydrogens is 676 g/mol. The molecule has 48 heavy (non-hydrogen) atoms. The molecule has 6 nitrogen and oxygen atoms in total. The summed E-state index contributed by atoms with van der Waals surface area (Å²) in [4.78, 5) is 25.3. The van der Waals surface area contributed by atoms with Crippen LogP contribution in [0.2, 0.25) is 10.0 Å². The van der Waals surface area contributed by atoms with Gasteiger partial charge in [-0.3, -0.25) is 9.69 Å². The summed E-state index contributed by atoms with van der Waals surface area (Å²) in [6.45, 7) is 4.90. The van der Waals surface area contributed by atoms with Crippen LogP contribution < -0.4 is 5.73 Å². The molecule has 0 saturated carbocycles. The number of nitrogens with zero attached hydrogens (tertiary/aromatic N) is 2. The highest BCUT2D eigenvalue weighted by Crippen LogP contribution is 2.56. The van der Waals surface area contributed by atoms with Crippen molar-refractivity contribution in [3.8, 4) is 6.07 Å². The zero-order valence-corrected chi connectivity index (χ0v) is 27.9. The Morgan fingerprint density at radius 3 is 2.27 bits per heavy atom. The molecule has 4 rings (SSSR count). The number of esters is 1. The second-order valence-corrected chi connectivity index (χ2v) is 13.9. The molecule has 0 bridgehead atoms. The number of ether oxygens (including phenoxy) is 1. The van der Waals surface area contributed by atoms with Gasteiger partial charge in [-0.1, -0.05) is 74.3 Å². The lowest BCUT2D eigenvalue weighted by atomic mass is 9.62. The Morgan fingerprint density at radius 2 is 1.71 bits per heavy atom. The Labute approximate surface area is 285 Å². The molecule has 0 spiro atoms. The number of nitriles is 1. The van der Waals surface area contributed by atoms with E-state index in [2.05, 4.69) is 6.07 Å². The molecule has 2 N–H and O–H groups in total. The minimum Gasteiger partial charge on any atom is -0.457 e. The van der Waals surface area contributed by atoms with Crippen LogP contribution in [0.3, 0.4) is 0 Å². The molecule has 1 fully saturated rings. The van der Waals surface area contributed by atoms with E-state index in [1.165, 1.54) is 30.3 Å². The number of hydrogen-bond donors (Lipinski definition) is 1. The molecule has 3 aromatic rings. The highest BCUT2D eigenvalue weighted by Gasteiger charge is 2.63. The van der Waals surface area contributed by atoms with E-state index in [0.717, 1.165) is 11.6 Å². The van der Waals surface area contributed by atoms with E-state index in [9.17, 15) is 28.0 Å². The van der Waals surface area contributed by atoms with Gasteiger partial charge in [-0.25, -0.2) is 13.6 Å². The fourth-order valence-corrected chi connectivity index (χ4v) is 7.04. The zero-order valence-electron chi connectivity index (χ0n) is 26.4. The van der Waals surface area contributed by atoms with Crippen molar-refractivity contribution in [3.63, 3.8) is 0 Å². The number of hydrogen-bond acceptors (Lipinski definition) is 5. The number of aryl methyl sites for hydroxylation is 1. The molecule has 0 aromatic heterocycles. The monoisotopic (exact) mass is 709 g/mol. The van der Waals surface area contributed by atoms with E-state index in [1.54, 1.807) is 29.2 Å². The van der Waals surface area contributed by atoms with Gasteiger partial charge in [-0.2, -0.15) is 18.4 Å². The quantitative estimate of drug-likeness (QED) is 0.169. The molecule has 1 heterocycles. The van der Waals surface area contributed by atoms with Crippen LogP contribution in [-0.2, 0) is 21.4 Å². The fraction of sp³-hybridized carbons (Fsp3) is 0.400. The van der Waals surface area contributed by atoms with Crippen LogP contribution in [-0.4, -0.2) is 48.2 Å². The molecular formula is C35H34Cl2F5N3O3. The number of amides is 1. The van der Waals surface area contributed by atoms with Gasteiger partial charge in [0.2, 0.25) is 5.91 Å². The summed E-state index contributed by atoms with van der Waals surface area (Å²) in [6, 6.07) is 14.5. The lowest BCUT2D eigenvalue weighted by Gasteiger charge is -2.39. The van der Waals surface area contributed by atoms with Crippen molar-refractivity contribution in [2.24, 2.45) is 11.1 Å². The van der Waals surface area contributed by atoms with Gasteiger partial charge in [0.05, 0.1) is 17.1 Å². The minimum atomic E-state index is -5.32. The Hall–Kier alpha value is -3.72. The van der Waals surface area contributed by atoms with Gasteiger partial charge >= 0.3 is 12.1 Å². The van der Waals surface area contributed by atoms with Crippen LogP contribution in [0.15, 0.2) is 60.7 Å². The highest BCUT2D eigenvalue weighted by molar-refractivity contribution is 6.31. The molecule has 0 aliphatic carbocycles. The Bertz CT molecular complexity index is 1710. The third-order valence-electron chi connectivity index (χ3n) is 8.65. The first-order chi connectivity index (χ1) is 22.4. The largest absolute Gasteiger partial charge is 0.490 e. The average Bonchev–Trinajstić information content (AvgIpc) is 3.24. The summed E-state index contributed by atoms with van der Waals surface area (Å²) in [5, 5.41) is 10.9. The number of benzene rings is 3. The third-order valence-corrected chi connectivity index (χ3v) is 9.18. The molecule has 13 heteroatoms. The normalized spacial score (nSPS) is 21.6. The van der Waals surface area contributed by atoms with Gasteiger partial charge in [-0.15, -0.1) is 0 Å². The number of halogens is 7. The first-order valence-electron chi connectivity index (χ1n) is 15.1. The maximum atomic E-state index is 16.1. The van der Waals surface area contributed by atoms with Gasteiger partial charge in [0, 0.05) is 28.1 Å². The summed E-state index contributed by atoms with van der Waals surface area (Å²) in [7, 11) is 0. The third kappa shape index (κ3) is 7.77. The standard InChI is InChI=1S/C35H34Cl2F5N3O3/c1-33(2,3)17-28-34(19-43,24-14-13-22(36)16-26(24)38)29(23-7-4-8-25(37)30(23)39)27(18-48-32(47)35(40,41)42)45(28)15-5-6-20-9-11-21(12-10-20)31(44)46/h4,7-14,16,27-29H,5-6,15,17-18H2,1-3H3,(H2,44,46). The summed E-state index contributed by atoms with van der Waals surface area (Å²) in [6.07, 6.45) is -4.32. The van der Waals surface area contributed by atoms with Crippen LogP contribution in [0.25, 0.3) is 0 Å². The predicted octanol–water partition coefficient (Wildman–Crippen LogP) is 8.14. The van der Waals surface area contributed by atoms with Gasteiger partial charge in [-0.05, 0) is 72.7 Å². The Morgan fingerprint density at radius 1 is 1.04 bits per heavy atom. The number of carbonyl (C=O) groups is 2. The Kier molecular flexibility index (Phi) is 11.1. The summed E-state index contributed by atoms with van der Waals surface area (Å²) >= 11 is 12.3. The second-order valence-electron chi connectivity index (χ2n) is 13.1. The van der Waals surface area contributed by atoms with Gasteiger partial charge in [0.15, 0.2) is 0 Å².